The van der Waals surface area contributed by atoms with E-state index in [1.807, 2.05) is 30.3 Å². The molecule has 1 fully saturated rings. The molecule has 1 aliphatic heterocycles. The van der Waals surface area contributed by atoms with Gasteiger partial charge in [-0.3, -0.25) is 0 Å². The molecule has 6 nitrogen and oxygen atoms in total. The van der Waals surface area contributed by atoms with Crippen LogP contribution in [0, 0.1) is 5.41 Å². The molecule has 2 rings (SSSR count). The van der Waals surface area contributed by atoms with Crippen LogP contribution in [-0.2, 0) is 20.9 Å². The zero-order valence-electron chi connectivity index (χ0n) is 11.2. The minimum Gasteiger partial charge on any atom is -0.480 e. The van der Waals surface area contributed by atoms with E-state index < -0.39 is 23.5 Å². The van der Waals surface area contributed by atoms with E-state index in [2.05, 4.69) is 5.32 Å². The van der Waals surface area contributed by atoms with Crippen LogP contribution in [0.15, 0.2) is 30.3 Å². The van der Waals surface area contributed by atoms with Crippen LogP contribution in [-0.4, -0.2) is 36.4 Å². The molecule has 0 aromatic heterocycles. The Morgan fingerprint density at radius 3 is 2.55 bits per heavy atom. The van der Waals surface area contributed by atoms with Gasteiger partial charge >= 0.3 is 12.1 Å². The van der Waals surface area contributed by atoms with Crippen LogP contribution in [0.1, 0.15) is 12.5 Å². The van der Waals surface area contributed by atoms with E-state index in [0.717, 1.165) is 5.56 Å². The van der Waals surface area contributed by atoms with Crippen molar-refractivity contribution in [3.63, 3.8) is 0 Å². The highest BCUT2D eigenvalue weighted by atomic mass is 16.5. The molecular weight excluding hydrogens is 262 g/mol. The largest absolute Gasteiger partial charge is 0.480 e. The number of carbonyl (C=O) groups is 2. The minimum absolute atomic E-state index is 0.103. The highest BCUT2D eigenvalue weighted by molar-refractivity contribution is 5.81. The molecule has 0 aliphatic carbocycles. The van der Waals surface area contributed by atoms with Crippen molar-refractivity contribution < 1.29 is 24.2 Å². The molecule has 1 unspecified atom stereocenters. The third-order valence-electron chi connectivity index (χ3n) is 3.28. The number of nitrogens with one attached hydrogen (secondary N) is 1. The summed E-state index contributed by atoms with van der Waals surface area (Å²) in [6, 6.07) is 8.17. The summed E-state index contributed by atoms with van der Waals surface area (Å²) in [6.45, 7) is 2.48. The van der Waals surface area contributed by atoms with E-state index in [0.29, 0.717) is 13.2 Å². The van der Waals surface area contributed by atoms with Crippen molar-refractivity contribution in [1.29, 1.82) is 0 Å². The second-order valence-electron chi connectivity index (χ2n) is 5.12. The average Bonchev–Trinajstić information content (AvgIpc) is 2.41. The van der Waals surface area contributed by atoms with Gasteiger partial charge in [-0.2, -0.15) is 0 Å². The number of carboxylic acid groups (broad SMARTS) is 1. The zero-order valence-corrected chi connectivity index (χ0v) is 11.2. The molecule has 0 saturated carbocycles. The SMILES string of the molecule is CC1(C(NC(=O)OCc2ccccc2)C(=O)O)COC1. The highest BCUT2D eigenvalue weighted by Gasteiger charge is 2.46. The molecular formula is C14H17NO5. The molecule has 1 aromatic carbocycles. The van der Waals surface area contributed by atoms with Crippen molar-refractivity contribution in [2.45, 2.75) is 19.6 Å². The van der Waals surface area contributed by atoms with Gasteiger partial charge in [0.05, 0.1) is 13.2 Å². The maximum Gasteiger partial charge on any atom is 0.408 e. The second kappa shape index (κ2) is 5.92. The molecule has 1 aliphatic rings. The van der Waals surface area contributed by atoms with Crippen LogP contribution >= 0.6 is 0 Å². The molecule has 2 N–H and O–H groups in total. The molecule has 1 heterocycles. The molecule has 1 atom stereocenters. The summed E-state index contributed by atoms with van der Waals surface area (Å²) in [7, 11) is 0. The standard InChI is InChI=1S/C14H17NO5/c1-14(8-19-9-14)11(12(16)17)15-13(18)20-7-10-5-3-2-4-6-10/h2-6,11H,7-9H2,1H3,(H,15,18)(H,16,17). The number of benzene rings is 1. The number of amides is 1. The smallest absolute Gasteiger partial charge is 0.408 e. The maximum atomic E-state index is 11.7. The number of carbonyl (C=O) groups excluding carboxylic acids is 1. The quantitative estimate of drug-likeness (QED) is 0.851. The fourth-order valence-electron chi connectivity index (χ4n) is 2.01. The Labute approximate surface area is 116 Å². The Morgan fingerprint density at radius 1 is 1.40 bits per heavy atom. The van der Waals surface area contributed by atoms with E-state index in [4.69, 9.17) is 9.47 Å². The Hall–Kier alpha value is -2.08. The molecule has 0 radical (unpaired) electrons. The van der Waals surface area contributed by atoms with Crippen LogP contribution in [0.25, 0.3) is 0 Å². The summed E-state index contributed by atoms with van der Waals surface area (Å²) in [5, 5.41) is 11.6. The summed E-state index contributed by atoms with van der Waals surface area (Å²) in [4.78, 5) is 22.9. The average molecular weight is 279 g/mol. The molecule has 1 saturated heterocycles. The van der Waals surface area contributed by atoms with Gasteiger partial charge in [0.15, 0.2) is 0 Å². The van der Waals surface area contributed by atoms with E-state index in [1.165, 1.54) is 0 Å². The molecule has 6 heteroatoms. The maximum absolute atomic E-state index is 11.7. The molecule has 20 heavy (non-hydrogen) atoms. The number of alkyl carbamates (subject to hydrolysis) is 1. The van der Waals surface area contributed by atoms with E-state index >= 15 is 0 Å². The Balaban J connectivity index is 1.87. The number of rotatable bonds is 5. The predicted molar refractivity (Wildman–Crippen MR) is 70.1 cm³/mol. The van der Waals surface area contributed by atoms with Crippen molar-refractivity contribution in [2.75, 3.05) is 13.2 Å². The number of aliphatic carboxylic acids is 1. The lowest BCUT2D eigenvalue weighted by Crippen LogP contribution is -2.59. The third kappa shape index (κ3) is 3.27. The first-order valence-electron chi connectivity index (χ1n) is 6.29. The Bertz CT molecular complexity index is 484. The molecule has 108 valence electrons. The van der Waals surface area contributed by atoms with Gasteiger partial charge in [-0.05, 0) is 5.56 Å². The summed E-state index contributed by atoms with van der Waals surface area (Å²) in [6.07, 6.45) is -0.741. The summed E-state index contributed by atoms with van der Waals surface area (Å²) >= 11 is 0. The summed E-state index contributed by atoms with van der Waals surface area (Å²) < 4.78 is 10.0. The van der Waals surface area contributed by atoms with Crippen LogP contribution in [0.3, 0.4) is 0 Å². The summed E-state index contributed by atoms with van der Waals surface area (Å²) in [5.41, 5.74) is 0.255. The zero-order chi connectivity index (χ0) is 14.6. The number of carboxylic acids is 1. The lowest BCUT2D eigenvalue weighted by atomic mass is 9.80. The lowest BCUT2D eigenvalue weighted by Gasteiger charge is -2.42. The van der Waals surface area contributed by atoms with Crippen LogP contribution in [0.5, 0.6) is 0 Å². The van der Waals surface area contributed by atoms with Gasteiger partial charge in [0.1, 0.15) is 12.6 Å². The second-order valence-corrected chi connectivity index (χ2v) is 5.12. The van der Waals surface area contributed by atoms with Crippen molar-refractivity contribution in [2.24, 2.45) is 5.41 Å². The number of ether oxygens (including phenoxy) is 2. The summed E-state index contributed by atoms with van der Waals surface area (Å²) in [5.74, 6) is -1.09. The van der Waals surface area contributed by atoms with Crippen molar-refractivity contribution in [3.8, 4) is 0 Å². The highest BCUT2D eigenvalue weighted by Crippen LogP contribution is 2.31. The van der Waals surface area contributed by atoms with Gasteiger partial charge in [0.2, 0.25) is 0 Å². The molecule has 0 bridgehead atoms. The number of hydrogen-bond acceptors (Lipinski definition) is 4. The first-order valence-corrected chi connectivity index (χ1v) is 6.29. The normalized spacial score (nSPS) is 17.6. The van der Waals surface area contributed by atoms with Crippen LogP contribution < -0.4 is 5.32 Å². The Kier molecular flexibility index (Phi) is 4.24. The first kappa shape index (κ1) is 14.3. The fraction of sp³-hybridized carbons (Fsp3) is 0.429. The van der Waals surface area contributed by atoms with Gasteiger partial charge in [-0.1, -0.05) is 37.3 Å². The number of hydrogen-bond donors (Lipinski definition) is 2. The predicted octanol–water partition coefficient (Wildman–Crippen LogP) is 1.40. The third-order valence-corrected chi connectivity index (χ3v) is 3.28. The van der Waals surface area contributed by atoms with E-state index in [-0.39, 0.29) is 6.61 Å². The fourth-order valence-corrected chi connectivity index (χ4v) is 2.01. The first-order chi connectivity index (χ1) is 9.51. The van der Waals surface area contributed by atoms with Crippen LogP contribution in [0.2, 0.25) is 0 Å². The van der Waals surface area contributed by atoms with Crippen molar-refractivity contribution >= 4 is 12.1 Å². The molecule has 1 aromatic rings. The van der Waals surface area contributed by atoms with Crippen molar-refractivity contribution in [3.05, 3.63) is 35.9 Å². The minimum atomic E-state index is -1.09. The van der Waals surface area contributed by atoms with Gasteiger partial charge in [-0.15, -0.1) is 0 Å². The van der Waals surface area contributed by atoms with Gasteiger partial charge in [0, 0.05) is 5.41 Å². The van der Waals surface area contributed by atoms with Gasteiger partial charge in [0.25, 0.3) is 0 Å². The monoisotopic (exact) mass is 279 g/mol. The van der Waals surface area contributed by atoms with E-state index in [1.54, 1.807) is 6.92 Å². The topological polar surface area (TPSA) is 84.9 Å². The van der Waals surface area contributed by atoms with Crippen molar-refractivity contribution in [1.82, 2.24) is 5.32 Å². The Morgan fingerprint density at radius 2 is 2.05 bits per heavy atom. The molecule has 0 spiro atoms. The van der Waals surface area contributed by atoms with E-state index in [9.17, 15) is 14.7 Å². The molecule has 1 amide bonds. The van der Waals surface area contributed by atoms with Crippen LogP contribution in [0.4, 0.5) is 4.79 Å². The lowest BCUT2D eigenvalue weighted by molar-refractivity contribution is -0.161. The van der Waals surface area contributed by atoms with Gasteiger partial charge < -0.3 is 19.9 Å². The van der Waals surface area contributed by atoms with Gasteiger partial charge in [-0.25, -0.2) is 9.59 Å².